The van der Waals surface area contributed by atoms with Gasteiger partial charge >= 0.3 is 0 Å². The summed E-state index contributed by atoms with van der Waals surface area (Å²) in [6, 6.07) is 10.6. The van der Waals surface area contributed by atoms with Crippen LogP contribution < -0.4 is 5.43 Å². The van der Waals surface area contributed by atoms with E-state index in [4.69, 9.17) is 0 Å². The molecule has 0 unspecified atom stereocenters. The van der Waals surface area contributed by atoms with Gasteiger partial charge in [0.1, 0.15) is 17.0 Å². The second kappa shape index (κ2) is 6.75. The zero-order valence-corrected chi connectivity index (χ0v) is 15.1. The molecule has 1 amide bonds. The van der Waals surface area contributed by atoms with Crippen molar-refractivity contribution in [3.63, 3.8) is 0 Å². The van der Waals surface area contributed by atoms with Crippen molar-refractivity contribution in [1.82, 2.24) is 14.0 Å². The molecular weight excluding hydrogens is 371 g/mol. The van der Waals surface area contributed by atoms with E-state index in [0.29, 0.717) is 24.1 Å². The molecule has 7 nitrogen and oxygen atoms in total. The molecular formula is C18H17FN4O3S. The van der Waals surface area contributed by atoms with Crippen LogP contribution in [0, 0.1) is 5.82 Å². The number of imidazole rings is 1. The van der Waals surface area contributed by atoms with Crippen molar-refractivity contribution in [2.75, 3.05) is 18.5 Å². The maximum atomic E-state index is 14.2. The van der Waals surface area contributed by atoms with Gasteiger partial charge in [-0.05, 0) is 43.2 Å². The number of sulfonamides is 1. The highest BCUT2D eigenvalue weighted by Crippen LogP contribution is 2.24. The van der Waals surface area contributed by atoms with E-state index in [1.807, 2.05) is 12.1 Å². The van der Waals surface area contributed by atoms with Crippen LogP contribution in [0.1, 0.15) is 23.2 Å². The number of amides is 1. The fourth-order valence-corrected chi connectivity index (χ4v) is 4.74. The van der Waals surface area contributed by atoms with Gasteiger partial charge in [-0.25, -0.2) is 22.5 Å². The third kappa shape index (κ3) is 3.19. The van der Waals surface area contributed by atoms with E-state index in [0.717, 1.165) is 25.0 Å². The standard InChI is InChI=1S/C18H17FN4O3S/c19-14-8-7-13(11-17(14)27(25,26)22-9-3-4-10-22)18(24)21-23-12-20-15-5-1-2-6-16(15)23/h1-2,5-8,11-12H,3-4,9-10H2,(H,21,24). The first-order chi connectivity index (χ1) is 13.0. The summed E-state index contributed by atoms with van der Waals surface area (Å²) >= 11 is 0. The number of hydrogen-bond donors (Lipinski definition) is 1. The van der Waals surface area contributed by atoms with Crippen LogP contribution >= 0.6 is 0 Å². The Hall–Kier alpha value is -2.78. The molecule has 1 aliphatic rings. The smallest absolute Gasteiger partial charge is 0.267 e. The third-order valence-corrected chi connectivity index (χ3v) is 6.47. The predicted octanol–water partition coefficient (Wildman–Crippen LogP) is 2.34. The van der Waals surface area contributed by atoms with Gasteiger partial charge in [-0.2, -0.15) is 4.31 Å². The van der Waals surface area contributed by atoms with Gasteiger partial charge in [0.25, 0.3) is 5.91 Å². The lowest BCUT2D eigenvalue weighted by Crippen LogP contribution is -2.29. The average molecular weight is 388 g/mol. The molecule has 140 valence electrons. The molecule has 0 radical (unpaired) electrons. The average Bonchev–Trinajstić information content (AvgIpc) is 3.33. The highest BCUT2D eigenvalue weighted by atomic mass is 32.2. The number of nitrogens with zero attached hydrogens (tertiary/aromatic N) is 3. The molecule has 27 heavy (non-hydrogen) atoms. The van der Waals surface area contributed by atoms with Crippen LogP contribution in [0.5, 0.6) is 0 Å². The highest BCUT2D eigenvalue weighted by Gasteiger charge is 2.30. The quantitative estimate of drug-likeness (QED) is 0.744. The summed E-state index contributed by atoms with van der Waals surface area (Å²) in [5, 5.41) is 0. The van der Waals surface area contributed by atoms with E-state index in [-0.39, 0.29) is 5.56 Å². The maximum absolute atomic E-state index is 14.2. The molecule has 1 fully saturated rings. The summed E-state index contributed by atoms with van der Waals surface area (Å²) in [6.45, 7) is 0.721. The lowest BCUT2D eigenvalue weighted by Gasteiger charge is -2.16. The van der Waals surface area contributed by atoms with Crippen molar-refractivity contribution in [3.05, 3.63) is 60.2 Å². The predicted molar refractivity (Wildman–Crippen MR) is 97.8 cm³/mol. The van der Waals surface area contributed by atoms with Gasteiger partial charge in [-0.3, -0.25) is 10.2 Å². The van der Waals surface area contributed by atoms with Crippen LogP contribution in [0.3, 0.4) is 0 Å². The normalized spacial score (nSPS) is 15.3. The Bertz CT molecular complexity index is 1120. The molecule has 1 aromatic heterocycles. The molecule has 0 saturated carbocycles. The summed E-state index contributed by atoms with van der Waals surface area (Å²) in [4.78, 5) is 16.3. The third-order valence-electron chi connectivity index (χ3n) is 4.55. The van der Waals surface area contributed by atoms with E-state index in [1.165, 1.54) is 21.4 Å². The molecule has 2 aromatic carbocycles. The molecule has 0 bridgehead atoms. The highest BCUT2D eigenvalue weighted by molar-refractivity contribution is 7.89. The number of aromatic nitrogens is 2. The monoisotopic (exact) mass is 388 g/mol. The number of carbonyl (C=O) groups excluding carboxylic acids is 1. The summed E-state index contributed by atoms with van der Waals surface area (Å²) < 4.78 is 42.2. The Morgan fingerprint density at radius 3 is 2.63 bits per heavy atom. The second-order valence-corrected chi connectivity index (χ2v) is 8.21. The van der Waals surface area contributed by atoms with Crippen molar-refractivity contribution in [2.24, 2.45) is 0 Å². The summed E-state index contributed by atoms with van der Waals surface area (Å²) in [6.07, 6.45) is 2.94. The molecule has 1 aliphatic heterocycles. The molecule has 0 atom stereocenters. The molecule has 4 rings (SSSR count). The van der Waals surface area contributed by atoms with Gasteiger partial charge in [-0.15, -0.1) is 0 Å². The summed E-state index contributed by atoms with van der Waals surface area (Å²) in [5.74, 6) is -1.43. The summed E-state index contributed by atoms with van der Waals surface area (Å²) in [7, 11) is -3.96. The number of rotatable bonds is 4. The van der Waals surface area contributed by atoms with E-state index in [9.17, 15) is 17.6 Å². The van der Waals surface area contributed by atoms with Crippen LogP contribution in [-0.2, 0) is 10.0 Å². The van der Waals surface area contributed by atoms with E-state index >= 15 is 0 Å². The molecule has 0 spiro atoms. The number of nitrogens with one attached hydrogen (secondary N) is 1. The zero-order chi connectivity index (χ0) is 19.0. The number of halogens is 1. The number of fused-ring (bicyclic) bond motifs is 1. The van der Waals surface area contributed by atoms with Gasteiger partial charge in [0, 0.05) is 18.7 Å². The topological polar surface area (TPSA) is 84.3 Å². The second-order valence-electron chi connectivity index (χ2n) is 6.30. The largest absolute Gasteiger partial charge is 0.270 e. The molecule has 1 N–H and O–H groups in total. The zero-order valence-electron chi connectivity index (χ0n) is 14.3. The van der Waals surface area contributed by atoms with Crippen LogP contribution in [0.25, 0.3) is 11.0 Å². The van der Waals surface area contributed by atoms with Crippen molar-refractivity contribution >= 4 is 27.0 Å². The van der Waals surface area contributed by atoms with Crippen molar-refractivity contribution in [3.8, 4) is 0 Å². The number of carbonyl (C=O) groups is 1. The Morgan fingerprint density at radius 2 is 1.85 bits per heavy atom. The van der Waals surface area contributed by atoms with E-state index in [1.54, 1.807) is 12.1 Å². The summed E-state index contributed by atoms with van der Waals surface area (Å²) in [5.41, 5.74) is 4.08. The van der Waals surface area contributed by atoms with Gasteiger partial charge < -0.3 is 0 Å². The number of benzene rings is 2. The minimum Gasteiger partial charge on any atom is -0.267 e. The van der Waals surface area contributed by atoms with Crippen molar-refractivity contribution in [1.29, 1.82) is 0 Å². The number of hydrogen-bond acceptors (Lipinski definition) is 4. The Kier molecular flexibility index (Phi) is 4.40. The fraction of sp³-hybridized carbons (Fsp3) is 0.222. The fourth-order valence-electron chi connectivity index (χ4n) is 3.13. The minimum absolute atomic E-state index is 0.0481. The van der Waals surface area contributed by atoms with E-state index in [2.05, 4.69) is 10.4 Å². The lowest BCUT2D eigenvalue weighted by atomic mass is 10.2. The molecule has 9 heteroatoms. The van der Waals surface area contributed by atoms with Crippen LogP contribution in [0.2, 0.25) is 0 Å². The first-order valence-electron chi connectivity index (χ1n) is 8.50. The molecule has 1 saturated heterocycles. The minimum atomic E-state index is -3.96. The molecule has 3 aromatic rings. The van der Waals surface area contributed by atoms with Crippen LogP contribution in [0.4, 0.5) is 4.39 Å². The first kappa shape index (κ1) is 17.6. The van der Waals surface area contributed by atoms with Gasteiger partial charge in [0.15, 0.2) is 0 Å². The van der Waals surface area contributed by atoms with Crippen molar-refractivity contribution in [2.45, 2.75) is 17.7 Å². The Morgan fingerprint density at radius 1 is 1.11 bits per heavy atom. The first-order valence-corrected chi connectivity index (χ1v) is 9.94. The lowest BCUT2D eigenvalue weighted by molar-refractivity contribution is 0.101. The SMILES string of the molecule is O=C(Nn1cnc2ccccc21)c1ccc(F)c(S(=O)(=O)N2CCCC2)c1. The van der Waals surface area contributed by atoms with Gasteiger partial charge in [-0.1, -0.05) is 12.1 Å². The van der Waals surface area contributed by atoms with E-state index < -0.39 is 26.6 Å². The Balaban J connectivity index is 1.65. The molecule has 0 aliphatic carbocycles. The Labute approximate surface area is 155 Å². The van der Waals surface area contributed by atoms with Crippen molar-refractivity contribution < 1.29 is 17.6 Å². The van der Waals surface area contributed by atoms with Crippen LogP contribution in [0.15, 0.2) is 53.7 Å². The molecule has 2 heterocycles. The van der Waals surface area contributed by atoms with Crippen LogP contribution in [-0.4, -0.2) is 41.4 Å². The maximum Gasteiger partial charge on any atom is 0.270 e. The number of para-hydroxylation sites is 2. The van der Waals surface area contributed by atoms with Gasteiger partial charge in [0.05, 0.1) is 11.0 Å². The van der Waals surface area contributed by atoms with Gasteiger partial charge in [0.2, 0.25) is 10.0 Å².